The third-order valence-corrected chi connectivity index (χ3v) is 35.5. The van der Waals surface area contributed by atoms with E-state index >= 15 is 0 Å². The second-order valence-corrected chi connectivity index (χ2v) is 47.5. The largest absolute Gasteiger partial charge is 0.543 e. The summed E-state index contributed by atoms with van der Waals surface area (Å²) in [7, 11) is -8.77. The number of carbonyl (C=O) groups excluding carboxylic acids is 3. The van der Waals surface area contributed by atoms with E-state index in [-0.39, 0.29) is 50.6 Å². The molecular formula is C64H103N3O11Si4. The van der Waals surface area contributed by atoms with Crippen LogP contribution in [-0.2, 0) is 40.8 Å². The van der Waals surface area contributed by atoms with Gasteiger partial charge in [-0.3, -0.25) is 4.79 Å². The maximum atomic E-state index is 14.0. The fraction of sp³-hybridized carbons (Fsp3) is 0.625. The van der Waals surface area contributed by atoms with Crippen molar-refractivity contribution < 1.29 is 51.5 Å². The summed E-state index contributed by atoms with van der Waals surface area (Å²) in [5, 5.41) is 12.2. The molecule has 2 unspecified atom stereocenters. The minimum absolute atomic E-state index is 0.00890. The van der Waals surface area contributed by atoms with Gasteiger partial charge < -0.3 is 32.3 Å². The van der Waals surface area contributed by atoms with E-state index in [1.54, 1.807) is 12.2 Å². The molecule has 6 atom stereocenters. The molecule has 0 bridgehead atoms. The van der Waals surface area contributed by atoms with Gasteiger partial charge in [0, 0.05) is 36.7 Å². The molecule has 0 fully saturated rings. The van der Waals surface area contributed by atoms with Crippen LogP contribution in [0.2, 0.25) is 72.5 Å². The van der Waals surface area contributed by atoms with E-state index in [1.165, 1.54) is 6.08 Å². The Labute approximate surface area is 497 Å². The summed E-state index contributed by atoms with van der Waals surface area (Å²) >= 11 is 0. The summed E-state index contributed by atoms with van der Waals surface area (Å²) in [6.07, 6.45) is 17.0. The highest BCUT2D eigenvalue weighted by atomic mass is 28.4. The molecule has 18 heteroatoms. The number of allylic oxidation sites excluding steroid dienone is 4. The molecule has 2 aromatic rings. The predicted molar refractivity (Wildman–Crippen MR) is 343 cm³/mol. The molecule has 14 nitrogen and oxygen atoms in total. The van der Waals surface area contributed by atoms with Crippen LogP contribution in [0, 0.1) is 11.8 Å². The minimum Gasteiger partial charge on any atom is -0.543 e. The highest BCUT2D eigenvalue weighted by Gasteiger charge is 2.45. The number of amides is 1. The second kappa shape index (κ2) is 29.3. The van der Waals surface area contributed by atoms with Crippen molar-refractivity contribution in [2.24, 2.45) is 17.0 Å². The van der Waals surface area contributed by atoms with Crippen molar-refractivity contribution in [2.45, 2.75) is 245 Å². The Balaban J connectivity index is 0.000000431. The Kier molecular flexibility index (Phi) is 25.5. The molecule has 2 heterocycles. The van der Waals surface area contributed by atoms with Crippen molar-refractivity contribution in [3.63, 3.8) is 0 Å². The van der Waals surface area contributed by atoms with Gasteiger partial charge in [0.2, 0.25) is 5.91 Å². The van der Waals surface area contributed by atoms with Crippen molar-refractivity contribution in [1.82, 2.24) is 0 Å². The maximum Gasteiger partial charge on any atom is 0.342 e. The quantitative estimate of drug-likeness (QED) is 0.0360. The van der Waals surface area contributed by atoms with Gasteiger partial charge in [0.1, 0.15) is 34.8 Å². The smallest absolute Gasteiger partial charge is 0.342 e. The molecule has 0 radical (unpaired) electrons. The normalized spacial score (nSPS) is 22.2. The van der Waals surface area contributed by atoms with Crippen LogP contribution in [0.3, 0.4) is 0 Å². The molecule has 1 N–H and O–H groups in total. The molecule has 82 heavy (non-hydrogen) atoms. The predicted octanol–water partition coefficient (Wildman–Crippen LogP) is 17.8. The fourth-order valence-electron chi connectivity index (χ4n) is 8.27. The number of hydrogen-bond acceptors (Lipinski definition) is 10. The molecular weight excluding hydrogens is 1100 g/mol. The van der Waals surface area contributed by atoms with E-state index in [0.717, 1.165) is 30.0 Å². The maximum absolute atomic E-state index is 14.0. The summed E-state index contributed by atoms with van der Waals surface area (Å²) in [4.78, 5) is 53.6. The average molecular weight is 1200 g/mol. The first-order chi connectivity index (χ1) is 37.5. The summed E-state index contributed by atoms with van der Waals surface area (Å²) in [5.41, 5.74) is 11.2. The summed E-state index contributed by atoms with van der Waals surface area (Å²) < 4.78 is 39.6. The zero-order chi connectivity index (χ0) is 62.5. The van der Waals surface area contributed by atoms with Crippen molar-refractivity contribution in [3.05, 3.63) is 118 Å². The number of hydrogen-bond donors (Lipinski definition) is 1. The van der Waals surface area contributed by atoms with Gasteiger partial charge in [-0.15, -0.1) is 0 Å². The Bertz CT molecular complexity index is 2680. The summed E-state index contributed by atoms with van der Waals surface area (Å²) in [5.74, 6) is -1.13. The first kappa shape index (κ1) is 71.4. The number of aliphatic carboxylic acids is 1. The first-order valence-electron chi connectivity index (χ1n) is 29.4. The number of azide groups is 1. The number of benzene rings is 2. The van der Waals surface area contributed by atoms with Gasteiger partial charge >= 0.3 is 17.9 Å². The number of carbonyl (C=O) groups is 4. The molecule has 0 spiro atoms. The molecule has 0 aliphatic carbocycles. The monoisotopic (exact) mass is 1200 g/mol. The summed E-state index contributed by atoms with van der Waals surface area (Å²) in [6, 6.07) is 11.5. The minimum atomic E-state index is -2.26. The lowest BCUT2D eigenvalue weighted by Crippen LogP contribution is -2.46. The Morgan fingerprint density at radius 2 is 0.951 bits per heavy atom. The second-order valence-electron chi connectivity index (χ2n) is 28.6. The van der Waals surface area contributed by atoms with E-state index < -0.39 is 69.3 Å². The molecule has 1 amide bonds. The van der Waals surface area contributed by atoms with Gasteiger partial charge in [-0.1, -0.05) is 158 Å². The van der Waals surface area contributed by atoms with E-state index in [2.05, 4.69) is 184 Å². The lowest BCUT2D eigenvalue weighted by Gasteiger charge is -2.41. The van der Waals surface area contributed by atoms with Gasteiger partial charge in [0.15, 0.2) is 16.6 Å². The SMILES string of the molecule is C[C@H]1C/C=C/Cc2cccc(O[Si](C)(C)C(C)(C)C)c2C(=O)OC(C/C=C/C(=O)N=[N+]=[N-])C[C@H]1O[Si](C)(C)C(C)(C)C.C[C@H]1C/C=C/Cc2cccc(O[Si](C)(C)C(C)(C)C)c2C(=O)OC(C/C=C/C(=O)O)C[C@H]1O[Si](C)(C)C(C)(C)C. The van der Waals surface area contributed by atoms with E-state index in [4.69, 9.17) is 32.7 Å². The standard InChI is InChI=1S/C32H51N3O5Si2.C32H52O6Si2/c1-23-16-12-13-17-24-18-14-20-26(39-41(8,9)31(2,3)4)29(24)30(37)38-25(19-15-21-28(36)34-35-33)22-27(23)40-42(10,11)32(5,6)7;1-23-16-12-13-17-24-18-14-20-26(37-39(8,9)31(2,3)4)29(24)30(35)36-25(19-15-21-28(33)34)22-27(23)38-40(10,11)32(5,6)7/h12-15,18,20-21,23,25,27H,16-17,19,22H2,1-11H3;12-15,18,20-21,23,25,27H,16-17,19,22H2,1-11H3,(H,33,34)/b2*13-12+,21-15+/t2*23-,25?,27+/m00/s1. The zero-order valence-electron chi connectivity index (χ0n) is 54.1. The third-order valence-electron chi connectivity index (χ3n) is 17.8. The third kappa shape index (κ3) is 21.1. The highest BCUT2D eigenvalue weighted by Crippen LogP contribution is 2.44. The Morgan fingerprint density at radius 1 is 0.598 bits per heavy atom. The lowest BCUT2D eigenvalue weighted by atomic mass is 9.93. The number of ether oxygens (including phenoxy) is 2. The van der Waals surface area contributed by atoms with Gasteiger partial charge in [-0.2, -0.15) is 0 Å². The Morgan fingerprint density at radius 3 is 1.28 bits per heavy atom. The van der Waals surface area contributed by atoms with E-state index in [0.29, 0.717) is 54.7 Å². The molecule has 0 saturated heterocycles. The topological polar surface area (TPSA) is 193 Å². The van der Waals surface area contributed by atoms with E-state index in [1.807, 2.05) is 36.4 Å². The van der Waals surface area contributed by atoms with Crippen LogP contribution in [0.5, 0.6) is 11.5 Å². The van der Waals surface area contributed by atoms with Gasteiger partial charge in [-0.25, -0.2) is 14.4 Å². The van der Waals surface area contributed by atoms with Gasteiger partial charge in [-0.05, 0) is 150 Å². The van der Waals surface area contributed by atoms with Crippen LogP contribution in [-0.4, -0.2) is 86.6 Å². The number of esters is 2. The lowest BCUT2D eigenvalue weighted by molar-refractivity contribution is -0.131. The molecule has 0 saturated carbocycles. The average Bonchev–Trinajstić information content (AvgIpc) is 3.38. The van der Waals surface area contributed by atoms with Crippen LogP contribution in [0.1, 0.15) is 167 Å². The number of fused-ring (bicyclic) bond motifs is 2. The highest BCUT2D eigenvalue weighted by molar-refractivity contribution is 6.75. The first-order valence-corrected chi connectivity index (χ1v) is 41.0. The van der Waals surface area contributed by atoms with Crippen molar-refractivity contribution >= 4 is 57.1 Å². The number of carboxylic acids is 1. The van der Waals surface area contributed by atoms with Crippen LogP contribution >= 0.6 is 0 Å². The van der Waals surface area contributed by atoms with Crippen LogP contribution in [0.15, 0.2) is 90.1 Å². The zero-order valence-corrected chi connectivity index (χ0v) is 58.1. The van der Waals surface area contributed by atoms with Crippen LogP contribution < -0.4 is 8.85 Å². The molecule has 2 aromatic carbocycles. The molecule has 4 rings (SSSR count). The van der Waals surface area contributed by atoms with Crippen molar-refractivity contribution in [3.8, 4) is 11.5 Å². The fourth-order valence-corrected chi connectivity index (χ4v) is 13.2. The van der Waals surface area contributed by atoms with Gasteiger partial charge in [0.05, 0.1) is 12.2 Å². The van der Waals surface area contributed by atoms with Crippen LogP contribution in [0.4, 0.5) is 0 Å². The van der Waals surface area contributed by atoms with Gasteiger partial charge in [0.25, 0.3) is 16.6 Å². The molecule has 456 valence electrons. The molecule has 2 aliphatic rings. The number of nitrogens with zero attached hydrogens (tertiary/aromatic N) is 3. The summed E-state index contributed by atoms with van der Waals surface area (Å²) in [6.45, 7) is 48.2. The number of cyclic esters (lactones) is 2. The number of carboxylic acid groups (broad SMARTS) is 1. The number of rotatable bonds is 14. The molecule has 2 aliphatic heterocycles. The van der Waals surface area contributed by atoms with Crippen LogP contribution in [0.25, 0.3) is 10.4 Å². The molecule has 0 aromatic heterocycles. The van der Waals surface area contributed by atoms with Crippen molar-refractivity contribution in [2.75, 3.05) is 0 Å². The van der Waals surface area contributed by atoms with E-state index in [9.17, 15) is 24.3 Å². The van der Waals surface area contributed by atoms with Crippen molar-refractivity contribution in [1.29, 1.82) is 0 Å². The Hall–Kier alpha value is -4.82.